The number of rotatable bonds is 6. The molecule has 0 aliphatic carbocycles. The fraction of sp³-hybridized carbons (Fsp3) is 0.706. The zero-order valence-electron chi connectivity index (χ0n) is 12.6. The average molecular weight is 277 g/mol. The number of hydrogen-bond acceptors (Lipinski definition) is 2. The van der Waals surface area contributed by atoms with E-state index in [4.69, 9.17) is 0 Å². The van der Waals surface area contributed by atoms with E-state index in [1.807, 2.05) is 0 Å². The molecule has 0 amide bonds. The summed E-state index contributed by atoms with van der Waals surface area (Å²) >= 11 is 2.16. The van der Waals surface area contributed by atoms with Crippen molar-refractivity contribution in [2.45, 2.75) is 64.5 Å². The summed E-state index contributed by atoms with van der Waals surface area (Å²) in [6.07, 6.45) is 8.39. The van der Waals surface area contributed by atoms with E-state index >= 15 is 0 Å². The molecule has 0 aromatic carbocycles. The van der Waals surface area contributed by atoms with Crippen molar-refractivity contribution in [2.24, 2.45) is 5.92 Å². The average Bonchev–Trinajstić information content (AvgIpc) is 2.82. The van der Waals surface area contributed by atoms with Crippen LogP contribution in [0.3, 0.4) is 0 Å². The Morgan fingerprint density at radius 3 is 2.58 bits per heavy atom. The van der Waals surface area contributed by atoms with Crippen LogP contribution in [0.2, 0.25) is 0 Å². The van der Waals surface area contributed by atoms with Gasteiger partial charge in [-0.25, -0.2) is 0 Å². The van der Waals surface area contributed by atoms with E-state index < -0.39 is 0 Å². The van der Waals surface area contributed by atoms with Gasteiger partial charge in [0.2, 0.25) is 0 Å². The van der Waals surface area contributed by atoms with Crippen LogP contribution in [0, 0.1) is 19.8 Å². The molecule has 1 saturated heterocycles. The van der Waals surface area contributed by atoms with E-state index in [-0.39, 0.29) is 0 Å². The molecule has 0 N–H and O–H groups in total. The number of aryl methyl sites for hydroxylation is 2. The van der Waals surface area contributed by atoms with Crippen LogP contribution >= 0.6 is 11.8 Å². The van der Waals surface area contributed by atoms with Crippen molar-refractivity contribution < 1.29 is 0 Å². The highest BCUT2D eigenvalue weighted by Gasteiger charge is 2.29. The molecule has 1 aliphatic heterocycles. The van der Waals surface area contributed by atoms with E-state index in [0.717, 1.165) is 11.2 Å². The van der Waals surface area contributed by atoms with Gasteiger partial charge in [-0.15, -0.1) is 0 Å². The lowest BCUT2D eigenvalue weighted by Gasteiger charge is -2.20. The predicted octanol–water partition coefficient (Wildman–Crippen LogP) is 5.46. The summed E-state index contributed by atoms with van der Waals surface area (Å²) in [5.41, 5.74) is 3.87. The van der Waals surface area contributed by atoms with Crippen molar-refractivity contribution in [1.82, 2.24) is 4.98 Å². The van der Waals surface area contributed by atoms with Gasteiger partial charge in [-0.05, 0) is 56.1 Å². The molecule has 2 heteroatoms. The second kappa shape index (κ2) is 7.33. The Balaban J connectivity index is 1.97. The molecule has 1 aliphatic rings. The zero-order valence-corrected chi connectivity index (χ0v) is 13.4. The largest absolute Gasteiger partial charge is 0.258 e. The normalized spacial score (nSPS) is 22.9. The number of thioether (sulfide) groups is 1. The first-order valence-electron chi connectivity index (χ1n) is 7.77. The van der Waals surface area contributed by atoms with Gasteiger partial charge in [-0.2, -0.15) is 11.8 Å². The molecule has 2 unspecified atom stereocenters. The second-order valence-corrected chi connectivity index (χ2v) is 7.12. The first-order chi connectivity index (χ1) is 9.20. The summed E-state index contributed by atoms with van der Waals surface area (Å²) in [5.74, 6) is 2.23. The van der Waals surface area contributed by atoms with Crippen molar-refractivity contribution in [3.8, 4) is 0 Å². The number of nitrogens with zero attached hydrogens (tertiary/aromatic N) is 1. The Bertz CT molecular complexity index is 382. The summed E-state index contributed by atoms with van der Waals surface area (Å²) in [7, 11) is 0. The van der Waals surface area contributed by atoms with Gasteiger partial charge in [0.15, 0.2) is 0 Å². The molecule has 2 atom stereocenters. The molecule has 2 heterocycles. The SMILES string of the molecule is CCCCCCC1CCSC1c1cc(C)nc(C)c1. The van der Waals surface area contributed by atoms with Gasteiger partial charge >= 0.3 is 0 Å². The lowest BCUT2D eigenvalue weighted by Crippen LogP contribution is -2.06. The number of hydrogen-bond donors (Lipinski definition) is 0. The van der Waals surface area contributed by atoms with Gasteiger partial charge in [0.1, 0.15) is 0 Å². The van der Waals surface area contributed by atoms with E-state index in [9.17, 15) is 0 Å². The minimum Gasteiger partial charge on any atom is -0.258 e. The summed E-state index contributed by atoms with van der Waals surface area (Å²) in [6, 6.07) is 4.60. The number of unbranched alkanes of at least 4 members (excludes halogenated alkanes) is 3. The van der Waals surface area contributed by atoms with Crippen molar-refractivity contribution in [3.63, 3.8) is 0 Å². The molecule has 0 spiro atoms. The Kier molecular flexibility index (Phi) is 5.75. The second-order valence-electron chi connectivity index (χ2n) is 5.87. The third-order valence-corrected chi connectivity index (χ3v) is 5.56. The summed E-state index contributed by atoms with van der Waals surface area (Å²) < 4.78 is 0. The first-order valence-corrected chi connectivity index (χ1v) is 8.82. The lowest BCUT2D eigenvalue weighted by atomic mass is 9.91. The molecule has 1 aromatic rings. The maximum Gasteiger partial charge on any atom is 0.0379 e. The maximum atomic E-state index is 4.51. The Labute approximate surface area is 122 Å². The Morgan fingerprint density at radius 2 is 1.89 bits per heavy atom. The molecule has 1 fully saturated rings. The fourth-order valence-electron chi connectivity index (χ4n) is 3.16. The molecule has 1 aromatic heterocycles. The highest BCUT2D eigenvalue weighted by atomic mass is 32.2. The van der Waals surface area contributed by atoms with Crippen LogP contribution in [0.1, 0.15) is 67.6 Å². The molecule has 106 valence electrons. The molecule has 0 bridgehead atoms. The minimum atomic E-state index is 0.724. The molecule has 0 radical (unpaired) electrons. The lowest BCUT2D eigenvalue weighted by molar-refractivity contribution is 0.451. The van der Waals surface area contributed by atoms with Gasteiger partial charge in [0.05, 0.1) is 0 Å². The smallest absolute Gasteiger partial charge is 0.0379 e. The fourth-order valence-corrected chi connectivity index (χ4v) is 4.73. The molecular formula is C17H27NS. The third kappa shape index (κ3) is 4.24. The van der Waals surface area contributed by atoms with Crippen LogP contribution in [0.5, 0.6) is 0 Å². The van der Waals surface area contributed by atoms with E-state index in [1.165, 1.54) is 61.2 Å². The quantitative estimate of drug-likeness (QED) is 0.640. The maximum absolute atomic E-state index is 4.51. The topological polar surface area (TPSA) is 12.9 Å². The molecule has 0 saturated carbocycles. The van der Waals surface area contributed by atoms with E-state index in [0.29, 0.717) is 0 Å². The van der Waals surface area contributed by atoms with Crippen molar-refractivity contribution in [1.29, 1.82) is 0 Å². The van der Waals surface area contributed by atoms with Crippen LogP contribution in [0.25, 0.3) is 0 Å². The van der Waals surface area contributed by atoms with Crippen LogP contribution in [-0.4, -0.2) is 10.7 Å². The predicted molar refractivity (Wildman–Crippen MR) is 85.8 cm³/mol. The molecule has 2 rings (SSSR count). The van der Waals surface area contributed by atoms with Gasteiger partial charge in [0, 0.05) is 16.6 Å². The summed E-state index contributed by atoms with van der Waals surface area (Å²) in [5, 5.41) is 0.724. The third-order valence-electron chi connectivity index (χ3n) is 4.08. The van der Waals surface area contributed by atoms with Crippen LogP contribution in [-0.2, 0) is 0 Å². The van der Waals surface area contributed by atoms with E-state index in [1.54, 1.807) is 0 Å². The highest BCUT2D eigenvalue weighted by Crippen LogP contribution is 2.47. The van der Waals surface area contributed by atoms with Gasteiger partial charge < -0.3 is 0 Å². The van der Waals surface area contributed by atoms with Crippen molar-refractivity contribution >= 4 is 11.8 Å². The van der Waals surface area contributed by atoms with Gasteiger partial charge in [0.25, 0.3) is 0 Å². The minimum absolute atomic E-state index is 0.724. The van der Waals surface area contributed by atoms with Crippen LogP contribution in [0.4, 0.5) is 0 Å². The highest BCUT2D eigenvalue weighted by molar-refractivity contribution is 7.99. The van der Waals surface area contributed by atoms with Gasteiger partial charge in [-0.3, -0.25) is 4.98 Å². The Hall–Kier alpha value is -0.500. The number of pyridine rings is 1. The summed E-state index contributed by atoms with van der Waals surface area (Å²) in [4.78, 5) is 4.51. The van der Waals surface area contributed by atoms with Crippen LogP contribution < -0.4 is 0 Å². The molecule has 1 nitrogen and oxygen atoms in total. The standard InChI is InChI=1S/C17H27NS/c1-4-5-6-7-8-15-9-10-19-17(15)16-11-13(2)18-14(3)12-16/h11-12,15,17H,4-10H2,1-3H3. The molecule has 19 heavy (non-hydrogen) atoms. The van der Waals surface area contributed by atoms with E-state index in [2.05, 4.69) is 49.6 Å². The van der Waals surface area contributed by atoms with Gasteiger partial charge in [-0.1, -0.05) is 32.6 Å². The Morgan fingerprint density at radius 1 is 1.16 bits per heavy atom. The summed E-state index contributed by atoms with van der Waals surface area (Å²) in [6.45, 7) is 6.52. The van der Waals surface area contributed by atoms with Crippen molar-refractivity contribution in [2.75, 3.05) is 5.75 Å². The van der Waals surface area contributed by atoms with Crippen molar-refractivity contribution in [3.05, 3.63) is 29.1 Å². The zero-order chi connectivity index (χ0) is 13.7. The number of aromatic nitrogens is 1. The molecular weight excluding hydrogens is 250 g/mol. The van der Waals surface area contributed by atoms with Crippen LogP contribution in [0.15, 0.2) is 12.1 Å². The first kappa shape index (κ1) is 14.9. The monoisotopic (exact) mass is 277 g/mol.